The molecule has 1 saturated carbocycles. The van der Waals surface area contributed by atoms with Gasteiger partial charge in [0.15, 0.2) is 29.0 Å². The van der Waals surface area contributed by atoms with Gasteiger partial charge in [0.05, 0.1) is 0 Å². The molecular weight excluding hydrogens is 834 g/mol. The van der Waals surface area contributed by atoms with E-state index in [1.807, 2.05) is 0 Å². The maximum absolute atomic E-state index is 13.5. The molecule has 0 aromatic rings. The quantitative estimate of drug-likeness (QED) is 0.149. The maximum Gasteiger partial charge on any atom is 0.205 e. The fourth-order valence-corrected chi connectivity index (χ4v) is 6.55. The van der Waals surface area contributed by atoms with Crippen LogP contribution in [0, 0.1) is 0 Å². The normalized spacial score (nSPS) is 35.4. The van der Waals surface area contributed by atoms with Crippen molar-refractivity contribution in [1.82, 2.24) is 0 Å². The van der Waals surface area contributed by atoms with Gasteiger partial charge in [0.1, 0.15) is 0 Å². The Morgan fingerprint density at radius 1 is 0.286 bits per heavy atom. The van der Waals surface area contributed by atoms with E-state index < -0.39 is 97.3 Å². The molecule has 1 aliphatic rings. The van der Waals surface area contributed by atoms with E-state index in [1.54, 1.807) is 0 Å². The molecule has 0 aliphatic heterocycles. The summed E-state index contributed by atoms with van der Waals surface area (Å²) in [6.07, 6.45) is 0. The number of carbonyl (C=O) groups excluding carboxylic acids is 6. The van der Waals surface area contributed by atoms with Gasteiger partial charge in [-0.15, -0.1) is 0 Å². The van der Waals surface area contributed by atoms with Gasteiger partial charge in [-0.25, -0.2) is 0 Å². The second-order valence-electron chi connectivity index (χ2n) is 8.25. The minimum absolute atomic E-state index is 2.68. The number of halogens is 12. The number of carbonyl (C=O) groups is 6. The van der Waals surface area contributed by atoms with Gasteiger partial charge in [-0.2, -0.15) is 0 Å². The molecule has 1 rings (SSSR count). The summed E-state index contributed by atoms with van der Waals surface area (Å²) in [5, 5.41) is 71.4. The molecule has 24 heteroatoms. The Labute approximate surface area is 293 Å². The molecule has 0 bridgehead atoms. The van der Waals surface area contributed by atoms with Gasteiger partial charge >= 0.3 is 0 Å². The van der Waals surface area contributed by atoms with E-state index in [0.717, 1.165) is 0 Å². The Balaban J connectivity index is 5.22. The van der Waals surface area contributed by atoms with Crippen molar-refractivity contribution in [1.29, 1.82) is 0 Å². The molecule has 240 valence electrons. The molecular formula is C18H12Cl12O12. The zero-order valence-electron chi connectivity index (χ0n) is 19.1. The molecule has 0 spiro atoms. The van der Waals surface area contributed by atoms with Gasteiger partial charge in [-0.05, 0) is 0 Å². The molecule has 1 fully saturated rings. The Bertz CT molecular complexity index is 941. The van der Waals surface area contributed by atoms with Crippen LogP contribution in [0.5, 0.6) is 0 Å². The second kappa shape index (κ2) is 13.4. The smallest absolute Gasteiger partial charge is 0.205 e. The highest BCUT2D eigenvalue weighted by Crippen LogP contribution is 2.63. The standard InChI is InChI=1S/C18H12Cl12O12/c19-7(20)1(31)13(37)14(38,2(32)8(21)22)16(40,4(34)10(25)26)18(42,6(36)12(29)30)17(41,5(35)11(27)28)15(13,39)3(33)9(23)24/h7-12,37-42H/t13-,14-,15-,16+,17-,18-. The molecule has 0 heterocycles. The van der Waals surface area contributed by atoms with Crippen molar-refractivity contribution in [2.45, 2.75) is 62.6 Å². The third kappa shape index (κ3) is 5.03. The average molecular weight is 846 g/mol. The van der Waals surface area contributed by atoms with E-state index in [-0.39, 0.29) is 0 Å². The van der Waals surface area contributed by atoms with Crippen LogP contribution in [0.2, 0.25) is 0 Å². The summed E-state index contributed by atoms with van der Waals surface area (Å²) in [7, 11) is 0. The van der Waals surface area contributed by atoms with Gasteiger partial charge < -0.3 is 30.6 Å². The number of alkyl halides is 12. The van der Waals surface area contributed by atoms with E-state index >= 15 is 0 Å². The van der Waals surface area contributed by atoms with Crippen LogP contribution in [0.3, 0.4) is 0 Å². The van der Waals surface area contributed by atoms with Gasteiger partial charge in [0.2, 0.25) is 68.3 Å². The number of hydrogen-bond donors (Lipinski definition) is 6. The van der Waals surface area contributed by atoms with E-state index in [9.17, 15) is 59.4 Å². The third-order valence-corrected chi connectivity index (χ3v) is 8.85. The molecule has 1 aliphatic carbocycles. The predicted molar refractivity (Wildman–Crippen MR) is 153 cm³/mol. The van der Waals surface area contributed by atoms with Crippen LogP contribution in [-0.4, -0.2) is 128 Å². The molecule has 0 atom stereocenters. The lowest BCUT2D eigenvalue weighted by molar-refractivity contribution is -0.373. The van der Waals surface area contributed by atoms with Crippen LogP contribution in [-0.2, 0) is 28.8 Å². The number of aliphatic hydroxyl groups is 6. The summed E-state index contributed by atoms with van der Waals surface area (Å²) < 4.78 is 0. The van der Waals surface area contributed by atoms with Gasteiger partial charge in [-0.3, -0.25) is 28.8 Å². The highest BCUT2D eigenvalue weighted by Gasteiger charge is 2.99. The summed E-state index contributed by atoms with van der Waals surface area (Å²) in [4.78, 5) is 63.4. The molecule has 42 heavy (non-hydrogen) atoms. The number of Topliss-reactive ketones (excluding diaryl/α,β-unsaturated/α-hetero) is 6. The summed E-state index contributed by atoms with van der Waals surface area (Å²) in [5.74, 6) is -16.1. The topological polar surface area (TPSA) is 224 Å². The number of rotatable bonds is 12. The van der Waals surface area contributed by atoms with Gasteiger partial charge in [0.25, 0.3) is 0 Å². The molecule has 0 unspecified atom stereocenters. The Morgan fingerprint density at radius 3 is 0.405 bits per heavy atom. The minimum Gasteiger partial charge on any atom is -0.376 e. The third-order valence-electron chi connectivity index (χ3n) is 6.47. The molecule has 6 N–H and O–H groups in total. The van der Waals surface area contributed by atoms with Crippen LogP contribution >= 0.6 is 139 Å². The first kappa shape index (κ1) is 41.3. The number of hydrogen-bond acceptors (Lipinski definition) is 12. The van der Waals surface area contributed by atoms with Crippen LogP contribution in [0.4, 0.5) is 0 Å². The monoisotopic (exact) mass is 840 g/mol. The highest BCUT2D eigenvalue weighted by atomic mass is 35.6. The molecule has 12 nitrogen and oxygen atoms in total. The minimum atomic E-state index is -5.30. The van der Waals surface area contributed by atoms with Crippen LogP contribution in [0.15, 0.2) is 0 Å². The van der Waals surface area contributed by atoms with E-state index in [1.165, 1.54) is 0 Å². The van der Waals surface area contributed by atoms with Crippen molar-refractivity contribution < 1.29 is 59.4 Å². The first-order valence-corrected chi connectivity index (χ1v) is 15.2. The summed E-state index contributed by atoms with van der Waals surface area (Å²) in [6, 6.07) is 0. The fraction of sp³-hybridized carbons (Fsp3) is 0.667. The molecule has 0 radical (unpaired) electrons. The van der Waals surface area contributed by atoms with Crippen molar-refractivity contribution >= 4 is 174 Å². The van der Waals surface area contributed by atoms with Crippen molar-refractivity contribution in [2.24, 2.45) is 0 Å². The van der Waals surface area contributed by atoms with E-state index in [0.29, 0.717) is 0 Å². The highest BCUT2D eigenvalue weighted by molar-refractivity contribution is 6.61. The zero-order valence-corrected chi connectivity index (χ0v) is 28.2. The Kier molecular flexibility index (Phi) is 13.2. The van der Waals surface area contributed by atoms with E-state index in [2.05, 4.69) is 0 Å². The molecule has 0 aromatic carbocycles. The fourth-order valence-electron chi connectivity index (χ4n) is 4.66. The maximum atomic E-state index is 13.5. The molecule has 0 aromatic heterocycles. The molecule has 0 saturated heterocycles. The lowest BCUT2D eigenvalue weighted by atomic mass is 9.40. The lowest BCUT2D eigenvalue weighted by Crippen LogP contribution is -3.03. The van der Waals surface area contributed by atoms with Crippen molar-refractivity contribution in [3.63, 3.8) is 0 Å². The van der Waals surface area contributed by atoms with Crippen molar-refractivity contribution in [3.05, 3.63) is 0 Å². The lowest BCUT2D eigenvalue weighted by Gasteiger charge is -2.68. The second-order valence-corrected chi connectivity index (χ2v) is 14.8. The molecule has 0 amide bonds. The average Bonchev–Trinajstić information content (AvgIpc) is 2.90. The largest absolute Gasteiger partial charge is 0.376 e. The van der Waals surface area contributed by atoms with Crippen LogP contribution in [0.25, 0.3) is 0 Å². The van der Waals surface area contributed by atoms with Crippen molar-refractivity contribution in [2.75, 3.05) is 0 Å². The van der Waals surface area contributed by atoms with E-state index in [4.69, 9.17) is 139 Å². The first-order chi connectivity index (χ1) is 18.6. The summed E-state index contributed by atoms with van der Waals surface area (Å²) in [5.41, 5.74) is -31.8. The number of ketones is 6. The Hall–Kier alpha value is 1.26. The van der Waals surface area contributed by atoms with Crippen LogP contribution in [0.1, 0.15) is 0 Å². The first-order valence-electron chi connectivity index (χ1n) is 9.92. The zero-order chi connectivity index (χ0) is 33.9. The van der Waals surface area contributed by atoms with Gasteiger partial charge in [0, 0.05) is 0 Å². The van der Waals surface area contributed by atoms with Crippen molar-refractivity contribution in [3.8, 4) is 0 Å². The SMILES string of the molecule is O=C(C(Cl)Cl)[C@]1(O)[C@@](O)(C(=O)C(Cl)Cl)[C@](O)(C(=O)C(Cl)Cl)[C@@](O)(C(=O)C(Cl)Cl)[C@](O)(C(=O)C(Cl)Cl)[C@]1(O)C(=O)C(Cl)Cl. The summed E-state index contributed by atoms with van der Waals surface area (Å²) in [6.45, 7) is 0. The van der Waals surface area contributed by atoms with Gasteiger partial charge in [-0.1, -0.05) is 139 Å². The summed E-state index contributed by atoms with van der Waals surface area (Å²) >= 11 is 66.0. The Morgan fingerprint density at radius 2 is 0.357 bits per heavy atom. The van der Waals surface area contributed by atoms with Crippen LogP contribution < -0.4 is 0 Å². The predicted octanol–water partition coefficient (Wildman–Crippen LogP) is 0.623.